The highest BCUT2D eigenvalue weighted by Crippen LogP contribution is 2.14. The van der Waals surface area contributed by atoms with Crippen LogP contribution in [0.3, 0.4) is 0 Å². The molecule has 0 bridgehead atoms. The fraction of sp³-hybridized carbons (Fsp3) is 0.600. The maximum Gasteiger partial charge on any atom is 0.326 e. The third kappa shape index (κ3) is 8.86. The summed E-state index contributed by atoms with van der Waals surface area (Å²) in [6.07, 6.45) is 1.99. The van der Waals surface area contributed by atoms with Crippen molar-refractivity contribution in [1.29, 1.82) is 0 Å². The molecule has 0 aliphatic carbocycles. The highest BCUT2D eigenvalue weighted by Gasteiger charge is 2.32. The number of nitrogens with one attached hydrogen (secondary N) is 4. The van der Waals surface area contributed by atoms with Crippen LogP contribution in [0.5, 0.6) is 5.75 Å². The van der Waals surface area contributed by atoms with E-state index < -0.39 is 35.9 Å². The van der Waals surface area contributed by atoms with Crippen molar-refractivity contribution in [3.05, 3.63) is 29.8 Å². The van der Waals surface area contributed by atoms with Crippen molar-refractivity contribution >= 4 is 23.7 Å². The third-order valence-electron chi connectivity index (χ3n) is 5.96. The van der Waals surface area contributed by atoms with Crippen molar-refractivity contribution in [2.24, 2.45) is 11.8 Å². The summed E-state index contributed by atoms with van der Waals surface area (Å²) in [5.74, 6) is -2.78. The van der Waals surface area contributed by atoms with E-state index in [0.717, 1.165) is 18.5 Å². The molecule has 35 heavy (non-hydrogen) atoms. The smallest absolute Gasteiger partial charge is 0.326 e. The second kappa shape index (κ2) is 13.1. The molecule has 6 N–H and O–H groups in total. The van der Waals surface area contributed by atoms with Gasteiger partial charge in [-0.1, -0.05) is 39.8 Å². The van der Waals surface area contributed by atoms with Gasteiger partial charge in [-0.25, -0.2) is 4.79 Å². The van der Waals surface area contributed by atoms with Gasteiger partial charge in [-0.15, -0.1) is 0 Å². The molecule has 4 unspecified atom stereocenters. The van der Waals surface area contributed by atoms with Crippen molar-refractivity contribution in [1.82, 2.24) is 21.3 Å². The van der Waals surface area contributed by atoms with Crippen LogP contribution in [0.1, 0.15) is 52.5 Å². The first-order valence-corrected chi connectivity index (χ1v) is 12.1. The lowest BCUT2D eigenvalue weighted by Gasteiger charge is -2.27. The largest absolute Gasteiger partial charge is 0.508 e. The SMILES string of the molecule is CC(C)CC(NC(=O)C(Cc1ccc(O)cc1)NC(=O)C1CCCN1)C(=O)NC(C(=O)O)C(C)C. The molecular formula is C25H38N4O6. The van der Waals surface area contributed by atoms with Gasteiger partial charge in [-0.2, -0.15) is 0 Å². The summed E-state index contributed by atoms with van der Waals surface area (Å²) >= 11 is 0. The Kier molecular flexibility index (Phi) is 10.5. The fourth-order valence-corrected chi connectivity index (χ4v) is 4.00. The molecule has 1 aromatic rings. The molecule has 4 atom stereocenters. The number of phenolic OH excluding ortho intramolecular Hbond substituents is 1. The second-order valence-corrected chi connectivity index (χ2v) is 9.84. The number of carboxylic acid groups (broad SMARTS) is 1. The minimum absolute atomic E-state index is 0.0428. The number of rotatable bonds is 12. The lowest BCUT2D eigenvalue weighted by Crippen LogP contribution is -2.58. The molecule has 0 saturated carbocycles. The fourth-order valence-electron chi connectivity index (χ4n) is 4.00. The standard InChI is InChI=1S/C25H38N4O6/c1-14(2)12-19(24(33)29-21(15(3)4)25(34)35)27-23(32)20(13-16-7-9-17(30)10-8-16)28-22(31)18-6-5-11-26-18/h7-10,14-15,18-21,26,30H,5-6,11-13H2,1-4H3,(H,27,32)(H,28,31)(H,29,33)(H,34,35). The van der Waals surface area contributed by atoms with Crippen LogP contribution in [0.25, 0.3) is 0 Å². The Balaban J connectivity index is 2.20. The highest BCUT2D eigenvalue weighted by atomic mass is 16.4. The zero-order valence-corrected chi connectivity index (χ0v) is 20.8. The first-order chi connectivity index (χ1) is 16.5. The molecule has 194 valence electrons. The minimum atomic E-state index is -1.15. The van der Waals surface area contributed by atoms with Crippen LogP contribution >= 0.6 is 0 Å². The van der Waals surface area contributed by atoms with Gasteiger partial charge in [0.2, 0.25) is 17.7 Å². The van der Waals surface area contributed by atoms with E-state index in [4.69, 9.17) is 0 Å². The molecule has 1 heterocycles. The highest BCUT2D eigenvalue weighted by molar-refractivity contribution is 5.94. The number of carboxylic acids is 1. The maximum atomic E-state index is 13.3. The molecule has 10 heteroatoms. The number of hydrogen-bond donors (Lipinski definition) is 6. The third-order valence-corrected chi connectivity index (χ3v) is 5.96. The van der Waals surface area contributed by atoms with E-state index in [1.54, 1.807) is 26.0 Å². The Morgan fingerprint density at radius 1 is 0.971 bits per heavy atom. The summed E-state index contributed by atoms with van der Waals surface area (Å²) in [5.41, 5.74) is 0.721. The van der Waals surface area contributed by atoms with E-state index in [1.807, 2.05) is 13.8 Å². The van der Waals surface area contributed by atoms with E-state index in [1.165, 1.54) is 12.1 Å². The molecule has 1 aromatic carbocycles. The minimum Gasteiger partial charge on any atom is -0.508 e. The average Bonchev–Trinajstić information content (AvgIpc) is 3.32. The molecule has 3 amide bonds. The van der Waals surface area contributed by atoms with Gasteiger partial charge in [0.15, 0.2) is 0 Å². The molecule has 1 fully saturated rings. The monoisotopic (exact) mass is 490 g/mol. The average molecular weight is 491 g/mol. The number of aliphatic carboxylic acids is 1. The summed E-state index contributed by atoms with van der Waals surface area (Å²) in [4.78, 5) is 50.6. The number of carbonyl (C=O) groups excluding carboxylic acids is 3. The van der Waals surface area contributed by atoms with Crippen molar-refractivity contribution in [3.8, 4) is 5.75 Å². The van der Waals surface area contributed by atoms with Crippen LogP contribution < -0.4 is 21.3 Å². The zero-order chi connectivity index (χ0) is 26.1. The molecule has 1 aliphatic rings. The second-order valence-electron chi connectivity index (χ2n) is 9.84. The van der Waals surface area contributed by atoms with E-state index >= 15 is 0 Å². The number of hydrogen-bond acceptors (Lipinski definition) is 6. The van der Waals surface area contributed by atoms with Gasteiger partial charge in [-0.05, 0) is 55.3 Å². The molecule has 1 saturated heterocycles. The molecule has 10 nitrogen and oxygen atoms in total. The van der Waals surface area contributed by atoms with Crippen molar-refractivity contribution in [2.75, 3.05) is 6.54 Å². The molecule has 0 radical (unpaired) electrons. The predicted octanol–water partition coefficient (Wildman–Crippen LogP) is 0.928. The number of benzene rings is 1. The van der Waals surface area contributed by atoms with Gasteiger partial charge in [0.1, 0.15) is 23.9 Å². The summed E-state index contributed by atoms with van der Waals surface area (Å²) < 4.78 is 0. The van der Waals surface area contributed by atoms with E-state index in [2.05, 4.69) is 21.3 Å². The van der Waals surface area contributed by atoms with Gasteiger partial charge in [-0.3, -0.25) is 14.4 Å². The molecular weight excluding hydrogens is 452 g/mol. The van der Waals surface area contributed by atoms with E-state index in [-0.39, 0.29) is 36.0 Å². The van der Waals surface area contributed by atoms with Gasteiger partial charge in [0.05, 0.1) is 6.04 Å². The normalized spacial score (nSPS) is 18.1. The Morgan fingerprint density at radius 2 is 1.60 bits per heavy atom. The quantitative estimate of drug-likeness (QED) is 0.254. The topological polar surface area (TPSA) is 157 Å². The maximum absolute atomic E-state index is 13.3. The summed E-state index contributed by atoms with van der Waals surface area (Å²) in [6, 6.07) is 2.92. The Labute approximate surface area is 206 Å². The molecule has 0 spiro atoms. The number of phenols is 1. The van der Waals surface area contributed by atoms with Gasteiger partial charge < -0.3 is 31.5 Å². The van der Waals surface area contributed by atoms with Crippen LogP contribution in [0.15, 0.2) is 24.3 Å². The van der Waals surface area contributed by atoms with Gasteiger partial charge in [0, 0.05) is 6.42 Å². The predicted molar refractivity (Wildman–Crippen MR) is 131 cm³/mol. The summed E-state index contributed by atoms with van der Waals surface area (Å²) in [7, 11) is 0. The van der Waals surface area contributed by atoms with E-state index in [9.17, 15) is 29.4 Å². The first-order valence-electron chi connectivity index (χ1n) is 12.1. The summed E-state index contributed by atoms with van der Waals surface area (Å²) in [6.45, 7) is 7.89. The Bertz CT molecular complexity index is 880. The van der Waals surface area contributed by atoms with Crippen LogP contribution in [0.4, 0.5) is 0 Å². The number of carbonyl (C=O) groups is 4. The first kappa shape index (κ1) is 28.1. The Morgan fingerprint density at radius 3 is 2.11 bits per heavy atom. The Hall–Kier alpha value is -3.14. The number of aromatic hydroxyl groups is 1. The molecule has 1 aliphatic heterocycles. The zero-order valence-electron chi connectivity index (χ0n) is 20.8. The van der Waals surface area contributed by atoms with Gasteiger partial charge in [0.25, 0.3) is 0 Å². The van der Waals surface area contributed by atoms with Gasteiger partial charge >= 0.3 is 5.97 Å². The van der Waals surface area contributed by atoms with Crippen LogP contribution in [0.2, 0.25) is 0 Å². The summed E-state index contributed by atoms with van der Waals surface area (Å²) in [5, 5.41) is 30.2. The van der Waals surface area contributed by atoms with Crippen LogP contribution in [0, 0.1) is 11.8 Å². The molecule has 2 rings (SSSR count). The van der Waals surface area contributed by atoms with Crippen molar-refractivity contribution in [2.45, 2.75) is 77.5 Å². The van der Waals surface area contributed by atoms with Crippen molar-refractivity contribution in [3.63, 3.8) is 0 Å². The molecule has 0 aromatic heterocycles. The van der Waals surface area contributed by atoms with Crippen LogP contribution in [-0.4, -0.2) is 64.6 Å². The number of amides is 3. The van der Waals surface area contributed by atoms with Crippen LogP contribution in [-0.2, 0) is 25.6 Å². The lowest BCUT2D eigenvalue weighted by molar-refractivity contribution is -0.143. The van der Waals surface area contributed by atoms with Crippen molar-refractivity contribution < 1.29 is 29.4 Å². The lowest BCUT2D eigenvalue weighted by atomic mass is 9.99. The van der Waals surface area contributed by atoms with E-state index in [0.29, 0.717) is 12.8 Å².